The number of hydrogen-bond acceptors (Lipinski definition) is 4. The molecule has 0 aromatic heterocycles. The number of piperidine rings is 1. The lowest BCUT2D eigenvalue weighted by molar-refractivity contribution is -0.154. The molecule has 0 bridgehead atoms. The highest BCUT2D eigenvalue weighted by molar-refractivity contribution is 5.82. The standard InChI is InChI=1S/C19H25F2NO4/c1-19(2,3)17(24)22-10-8-14(9-11-22)16(23)25-12-13-4-6-15(7-5-13)26-18(20)21/h4-7,14,18H,8-12H2,1-3H3. The maximum Gasteiger partial charge on any atom is 0.387 e. The predicted octanol–water partition coefficient (Wildman–Crippen LogP) is 3.62. The Hall–Kier alpha value is -2.18. The molecule has 1 aliphatic heterocycles. The van der Waals surface area contributed by atoms with Crippen molar-refractivity contribution in [1.29, 1.82) is 0 Å². The first-order chi connectivity index (χ1) is 12.2. The average Bonchev–Trinajstić information content (AvgIpc) is 2.59. The third kappa shape index (κ3) is 5.68. The molecule has 7 heteroatoms. The number of carbonyl (C=O) groups excluding carboxylic acids is 2. The zero-order valence-corrected chi connectivity index (χ0v) is 15.3. The second-order valence-corrected chi connectivity index (χ2v) is 7.45. The number of benzene rings is 1. The Kier molecular flexibility index (Phi) is 6.56. The van der Waals surface area contributed by atoms with Gasteiger partial charge in [0.1, 0.15) is 12.4 Å². The van der Waals surface area contributed by atoms with E-state index in [9.17, 15) is 18.4 Å². The van der Waals surface area contributed by atoms with E-state index in [-0.39, 0.29) is 30.2 Å². The summed E-state index contributed by atoms with van der Waals surface area (Å²) in [5, 5.41) is 0. The Bertz CT molecular complexity index is 617. The Morgan fingerprint density at radius 3 is 2.23 bits per heavy atom. The van der Waals surface area contributed by atoms with Crippen LogP contribution in [0.2, 0.25) is 0 Å². The van der Waals surface area contributed by atoms with Gasteiger partial charge in [-0.05, 0) is 30.5 Å². The monoisotopic (exact) mass is 369 g/mol. The van der Waals surface area contributed by atoms with Crippen LogP contribution >= 0.6 is 0 Å². The number of rotatable bonds is 5. The largest absolute Gasteiger partial charge is 0.461 e. The van der Waals surface area contributed by atoms with Crippen LogP contribution in [0.4, 0.5) is 8.78 Å². The van der Waals surface area contributed by atoms with Crippen molar-refractivity contribution in [2.45, 2.75) is 46.8 Å². The molecule has 0 atom stereocenters. The maximum absolute atomic E-state index is 12.3. The third-order valence-electron chi connectivity index (χ3n) is 4.29. The minimum atomic E-state index is -2.87. The van der Waals surface area contributed by atoms with Crippen molar-refractivity contribution in [2.75, 3.05) is 13.1 Å². The Morgan fingerprint density at radius 1 is 1.15 bits per heavy atom. The lowest BCUT2D eigenvalue weighted by Gasteiger charge is -2.34. The maximum atomic E-state index is 12.3. The molecule has 1 heterocycles. The van der Waals surface area contributed by atoms with E-state index in [0.717, 1.165) is 0 Å². The smallest absolute Gasteiger partial charge is 0.387 e. The fraction of sp³-hybridized carbons (Fsp3) is 0.579. The first kappa shape index (κ1) is 20.1. The summed E-state index contributed by atoms with van der Waals surface area (Å²) in [7, 11) is 0. The van der Waals surface area contributed by atoms with Crippen molar-refractivity contribution in [3.05, 3.63) is 29.8 Å². The van der Waals surface area contributed by atoms with E-state index in [1.165, 1.54) is 12.1 Å². The summed E-state index contributed by atoms with van der Waals surface area (Å²) in [6.07, 6.45) is 1.17. The number of alkyl halides is 2. The number of likely N-dealkylation sites (tertiary alicyclic amines) is 1. The normalized spacial score (nSPS) is 15.8. The van der Waals surface area contributed by atoms with E-state index in [4.69, 9.17) is 4.74 Å². The van der Waals surface area contributed by atoms with Crippen LogP contribution in [0.25, 0.3) is 0 Å². The Balaban J connectivity index is 1.78. The van der Waals surface area contributed by atoms with Gasteiger partial charge >= 0.3 is 12.6 Å². The summed E-state index contributed by atoms with van der Waals surface area (Å²) in [6, 6.07) is 5.98. The molecule has 5 nitrogen and oxygen atoms in total. The summed E-state index contributed by atoms with van der Waals surface area (Å²) in [5.41, 5.74) is 0.272. The molecule has 2 rings (SSSR count). The second-order valence-electron chi connectivity index (χ2n) is 7.45. The quantitative estimate of drug-likeness (QED) is 0.744. The van der Waals surface area contributed by atoms with Gasteiger partial charge in [0.15, 0.2) is 0 Å². The van der Waals surface area contributed by atoms with Crippen molar-refractivity contribution in [2.24, 2.45) is 11.3 Å². The van der Waals surface area contributed by atoms with Crippen LogP contribution in [0.15, 0.2) is 24.3 Å². The van der Waals surface area contributed by atoms with E-state index in [2.05, 4.69) is 4.74 Å². The number of hydrogen-bond donors (Lipinski definition) is 0. The van der Waals surface area contributed by atoms with Crippen molar-refractivity contribution < 1.29 is 27.8 Å². The predicted molar refractivity (Wildman–Crippen MR) is 91.6 cm³/mol. The van der Waals surface area contributed by atoms with Crippen LogP contribution in [-0.2, 0) is 20.9 Å². The molecular formula is C19H25F2NO4. The van der Waals surface area contributed by atoms with Gasteiger partial charge in [-0.2, -0.15) is 8.78 Å². The fourth-order valence-electron chi connectivity index (χ4n) is 2.83. The van der Waals surface area contributed by atoms with Crippen molar-refractivity contribution in [3.8, 4) is 5.75 Å². The summed E-state index contributed by atoms with van der Waals surface area (Å²) in [5.74, 6) is -0.359. The van der Waals surface area contributed by atoms with Gasteiger partial charge in [0.05, 0.1) is 5.92 Å². The molecule has 1 fully saturated rings. The molecule has 0 saturated carbocycles. The molecule has 0 N–H and O–H groups in total. The number of amides is 1. The Morgan fingerprint density at radius 2 is 1.73 bits per heavy atom. The molecular weight excluding hydrogens is 344 g/mol. The molecule has 0 aliphatic carbocycles. The minimum absolute atomic E-state index is 0.0611. The summed E-state index contributed by atoms with van der Waals surface area (Å²) >= 11 is 0. The zero-order chi connectivity index (χ0) is 19.3. The summed E-state index contributed by atoms with van der Waals surface area (Å²) in [4.78, 5) is 26.3. The number of nitrogens with zero attached hydrogens (tertiary/aromatic N) is 1. The number of esters is 1. The molecule has 1 aromatic carbocycles. The minimum Gasteiger partial charge on any atom is -0.461 e. The number of carbonyl (C=O) groups is 2. The average molecular weight is 369 g/mol. The van der Waals surface area contributed by atoms with Gasteiger partial charge in [0.25, 0.3) is 0 Å². The van der Waals surface area contributed by atoms with Gasteiger partial charge in [-0.15, -0.1) is 0 Å². The molecule has 1 aromatic rings. The number of ether oxygens (including phenoxy) is 2. The van der Waals surface area contributed by atoms with Gasteiger partial charge in [-0.1, -0.05) is 32.9 Å². The zero-order valence-electron chi connectivity index (χ0n) is 15.3. The highest BCUT2D eigenvalue weighted by Crippen LogP contribution is 2.24. The van der Waals surface area contributed by atoms with Gasteiger partial charge in [-0.25, -0.2) is 0 Å². The van der Waals surface area contributed by atoms with Crippen LogP contribution in [0, 0.1) is 11.3 Å². The van der Waals surface area contributed by atoms with Crippen molar-refractivity contribution in [3.63, 3.8) is 0 Å². The van der Waals surface area contributed by atoms with Gasteiger partial charge < -0.3 is 14.4 Å². The van der Waals surface area contributed by atoms with Gasteiger partial charge in [-0.3, -0.25) is 9.59 Å². The molecule has 0 spiro atoms. The second kappa shape index (κ2) is 8.47. The van der Waals surface area contributed by atoms with Crippen LogP contribution in [0.1, 0.15) is 39.2 Å². The van der Waals surface area contributed by atoms with Crippen LogP contribution in [-0.4, -0.2) is 36.5 Å². The summed E-state index contributed by atoms with van der Waals surface area (Å²) < 4.78 is 33.8. The topological polar surface area (TPSA) is 55.8 Å². The lowest BCUT2D eigenvalue weighted by Crippen LogP contribution is -2.45. The molecule has 144 valence electrons. The molecule has 26 heavy (non-hydrogen) atoms. The van der Waals surface area contributed by atoms with Crippen LogP contribution in [0.5, 0.6) is 5.75 Å². The fourth-order valence-corrected chi connectivity index (χ4v) is 2.83. The van der Waals surface area contributed by atoms with Gasteiger partial charge in [0.2, 0.25) is 5.91 Å². The van der Waals surface area contributed by atoms with Crippen LogP contribution < -0.4 is 4.74 Å². The molecule has 0 unspecified atom stereocenters. The Labute approximate surface area is 152 Å². The first-order valence-corrected chi connectivity index (χ1v) is 8.66. The number of halogens is 2. The lowest BCUT2D eigenvalue weighted by atomic mass is 9.91. The highest BCUT2D eigenvalue weighted by Gasteiger charge is 2.32. The van der Waals surface area contributed by atoms with E-state index in [1.54, 1.807) is 17.0 Å². The third-order valence-corrected chi connectivity index (χ3v) is 4.29. The first-order valence-electron chi connectivity index (χ1n) is 8.66. The van der Waals surface area contributed by atoms with E-state index in [1.807, 2.05) is 20.8 Å². The summed E-state index contributed by atoms with van der Waals surface area (Å²) in [6.45, 7) is 3.96. The molecule has 0 radical (unpaired) electrons. The van der Waals surface area contributed by atoms with E-state index >= 15 is 0 Å². The SMILES string of the molecule is CC(C)(C)C(=O)N1CCC(C(=O)OCc2ccc(OC(F)F)cc2)CC1. The molecule has 1 saturated heterocycles. The molecule has 1 aliphatic rings. The van der Waals surface area contributed by atoms with Crippen molar-refractivity contribution in [1.82, 2.24) is 4.90 Å². The van der Waals surface area contributed by atoms with Crippen LogP contribution in [0.3, 0.4) is 0 Å². The van der Waals surface area contributed by atoms with E-state index in [0.29, 0.717) is 31.5 Å². The van der Waals surface area contributed by atoms with E-state index < -0.39 is 12.0 Å². The molecule has 1 amide bonds. The highest BCUT2D eigenvalue weighted by atomic mass is 19.3. The van der Waals surface area contributed by atoms with Gasteiger partial charge in [0, 0.05) is 18.5 Å². The van der Waals surface area contributed by atoms with Crippen molar-refractivity contribution >= 4 is 11.9 Å².